The van der Waals surface area contributed by atoms with Gasteiger partial charge < -0.3 is 9.62 Å². The van der Waals surface area contributed by atoms with E-state index in [-0.39, 0.29) is 6.29 Å². The molecule has 73 valence electrons. The minimum absolute atomic E-state index is 0.386. The molecular weight excluding hydrogens is 180 g/mol. The zero-order valence-corrected chi connectivity index (χ0v) is 7.68. The molecule has 0 N–H and O–H groups in total. The van der Waals surface area contributed by atoms with Crippen LogP contribution in [0.1, 0.15) is 5.56 Å². The third-order valence-corrected chi connectivity index (χ3v) is 1.93. The molecule has 0 saturated heterocycles. The highest BCUT2D eigenvalue weighted by Crippen LogP contribution is 2.25. The van der Waals surface area contributed by atoms with Crippen LogP contribution in [0.25, 0.3) is 0 Å². The average Bonchev–Trinajstić information content (AvgIpc) is 2.26. The van der Waals surface area contributed by atoms with Crippen molar-refractivity contribution in [3.63, 3.8) is 0 Å². The third kappa shape index (κ3) is 1.95. The van der Waals surface area contributed by atoms with E-state index in [4.69, 9.17) is 14.5 Å². The van der Waals surface area contributed by atoms with Crippen LogP contribution < -0.4 is 4.89 Å². The Morgan fingerprint density at radius 3 is 3.14 bits per heavy atom. The quantitative estimate of drug-likeness (QED) is 0.686. The highest BCUT2D eigenvalue weighted by atomic mass is 17.2. The number of benzene rings is 1. The van der Waals surface area contributed by atoms with Crippen molar-refractivity contribution >= 4 is 0 Å². The van der Waals surface area contributed by atoms with Gasteiger partial charge in [0.2, 0.25) is 6.29 Å². The first-order chi connectivity index (χ1) is 6.90. The van der Waals surface area contributed by atoms with E-state index < -0.39 is 0 Å². The summed E-state index contributed by atoms with van der Waals surface area (Å²) in [5.74, 6) is 0.756. The predicted octanol–water partition coefficient (Wildman–Crippen LogP) is 2.24. The molecule has 1 unspecified atom stereocenters. The van der Waals surface area contributed by atoms with E-state index in [1.54, 1.807) is 6.08 Å². The van der Waals surface area contributed by atoms with Crippen molar-refractivity contribution in [3.8, 4) is 5.75 Å². The Bertz CT molecular complexity index is 322. The molecule has 1 aliphatic rings. The highest BCUT2D eigenvalue weighted by molar-refractivity contribution is 5.33. The molecule has 1 radical (unpaired) electrons. The van der Waals surface area contributed by atoms with Gasteiger partial charge in [-0.3, -0.25) is 0 Å². The second kappa shape index (κ2) is 4.26. The molecule has 1 heterocycles. The number of hydrogen-bond acceptors (Lipinski definition) is 3. The van der Waals surface area contributed by atoms with E-state index in [2.05, 4.69) is 6.58 Å². The fraction of sp³-hybridized carbons (Fsp3) is 0.182. The van der Waals surface area contributed by atoms with Crippen molar-refractivity contribution in [3.05, 3.63) is 49.1 Å². The van der Waals surface area contributed by atoms with Crippen LogP contribution in [0.15, 0.2) is 36.9 Å². The molecule has 0 saturated carbocycles. The largest absolute Gasteiger partial charge is 0.338 e. The molecule has 0 spiro atoms. The van der Waals surface area contributed by atoms with Crippen LogP contribution in [-0.4, -0.2) is 6.29 Å². The Morgan fingerprint density at radius 1 is 1.43 bits per heavy atom. The summed E-state index contributed by atoms with van der Waals surface area (Å²) in [4.78, 5) is 10.1. The number of fused-ring (bicyclic) bond motifs is 1. The molecule has 1 aromatic rings. The van der Waals surface area contributed by atoms with Crippen molar-refractivity contribution in [2.24, 2.45) is 0 Å². The average molecular weight is 191 g/mol. The monoisotopic (exact) mass is 191 g/mol. The van der Waals surface area contributed by atoms with Gasteiger partial charge >= 0.3 is 0 Å². The van der Waals surface area contributed by atoms with Crippen molar-refractivity contribution in [2.45, 2.75) is 12.7 Å². The first kappa shape index (κ1) is 9.24. The summed E-state index contributed by atoms with van der Waals surface area (Å²) >= 11 is 0. The molecule has 3 heteroatoms. The normalized spacial score (nSPS) is 19.6. The third-order valence-electron chi connectivity index (χ3n) is 1.93. The Kier molecular flexibility index (Phi) is 2.81. The van der Waals surface area contributed by atoms with E-state index in [0.29, 0.717) is 6.42 Å². The Labute approximate surface area is 82.8 Å². The molecule has 1 aliphatic heterocycles. The van der Waals surface area contributed by atoms with Crippen LogP contribution >= 0.6 is 0 Å². The van der Waals surface area contributed by atoms with Crippen LogP contribution in [0.5, 0.6) is 5.75 Å². The molecule has 3 nitrogen and oxygen atoms in total. The lowest BCUT2D eigenvalue weighted by Crippen LogP contribution is -2.25. The summed E-state index contributed by atoms with van der Waals surface area (Å²) in [6.07, 6.45) is 1.85. The lowest BCUT2D eigenvalue weighted by atomic mass is 10.1. The van der Waals surface area contributed by atoms with Gasteiger partial charge in [-0.05, 0) is 6.07 Å². The summed E-state index contributed by atoms with van der Waals surface area (Å²) in [5.41, 5.74) is 1.08. The smallest absolute Gasteiger partial charge is 0.207 e. The zero-order chi connectivity index (χ0) is 9.80. The molecule has 2 rings (SSSR count). The van der Waals surface area contributed by atoms with Crippen LogP contribution in [0.3, 0.4) is 0 Å². The van der Waals surface area contributed by atoms with E-state index in [9.17, 15) is 0 Å². The molecule has 1 atom stereocenters. The molecule has 0 fully saturated rings. The summed E-state index contributed by atoms with van der Waals surface area (Å²) < 4.78 is 5.20. The zero-order valence-electron chi connectivity index (χ0n) is 7.68. The molecular formula is C11H11O3. The molecule has 1 aromatic carbocycles. The van der Waals surface area contributed by atoms with Crippen LogP contribution in [0.4, 0.5) is 0 Å². The van der Waals surface area contributed by atoms with Gasteiger partial charge in [-0.15, -0.1) is 6.58 Å². The second-order valence-corrected chi connectivity index (χ2v) is 2.93. The van der Waals surface area contributed by atoms with Crippen LogP contribution in [0.2, 0.25) is 0 Å². The van der Waals surface area contributed by atoms with Crippen molar-refractivity contribution in [1.29, 1.82) is 0 Å². The van der Waals surface area contributed by atoms with Crippen molar-refractivity contribution in [1.82, 2.24) is 0 Å². The van der Waals surface area contributed by atoms with Gasteiger partial charge in [0.05, 0.1) is 0 Å². The Balaban J connectivity index is 2.02. The van der Waals surface area contributed by atoms with E-state index in [0.717, 1.165) is 11.3 Å². The van der Waals surface area contributed by atoms with Gasteiger partial charge in [0.25, 0.3) is 0 Å². The number of rotatable bonds is 3. The van der Waals surface area contributed by atoms with Gasteiger partial charge in [0.1, 0.15) is 6.61 Å². The minimum Gasteiger partial charge on any atom is -0.338 e. The molecule has 0 amide bonds. The van der Waals surface area contributed by atoms with Crippen molar-refractivity contribution < 1.29 is 14.5 Å². The molecule has 0 bridgehead atoms. The fourth-order valence-electron chi connectivity index (χ4n) is 1.29. The Hall–Kier alpha value is -1.32. The standard InChI is InChI=1S/C11H11O3/c1-2-7-12-11-8-9-5-3-4-6-10(9)13-14-11/h2-7,11H,1,8H2. The topological polar surface area (TPSA) is 27.7 Å². The fourth-order valence-corrected chi connectivity index (χ4v) is 1.29. The van der Waals surface area contributed by atoms with Crippen molar-refractivity contribution in [2.75, 3.05) is 0 Å². The maximum atomic E-state index is 5.20. The lowest BCUT2D eigenvalue weighted by molar-refractivity contribution is -0.318. The molecule has 0 aliphatic carbocycles. The molecule has 0 aromatic heterocycles. The van der Waals surface area contributed by atoms with Gasteiger partial charge in [-0.25, -0.2) is 0 Å². The Morgan fingerprint density at radius 2 is 2.29 bits per heavy atom. The van der Waals surface area contributed by atoms with E-state index in [1.807, 2.05) is 24.3 Å². The first-order valence-corrected chi connectivity index (χ1v) is 4.41. The lowest BCUT2D eigenvalue weighted by Gasteiger charge is -2.22. The minimum atomic E-state index is -0.386. The van der Waals surface area contributed by atoms with Gasteiger partial charge in [0, 0.05) is 12.0 Å². The molecule has 14 heavy (non-hydrogen) atoms. The predicted molar refractivity (Wildman–Crippen MR) is 51.2 cm³/mol. The van der Waals surface area contributed by atoms with Gasteiger partial charge in [-0.2, -0.15) is 4.89 Å². The van der Waals surface area contributed by atoms with Gasteiger partial charge in [-0.1, -0.05) is 24.3 Å². The SMILES string of the molecule is C=C[CH]OC1Cc2ccccc2OO1. The van der Waals surface area contributed by atoms with E-state index in [1.165, 1.54) is 6.61 Å². The summed E-state index contributed by atoms with van der Waals surface area (Å²) in [6, 6.07) is 7.71. The summed E-state index contributed by atoms with van der Waals surface area (Å²) in [7, 11) is 0. The first-order valence-electron chi connectivity index (χ1n) is 4.41. The number of hydrogen-bond donors (Lipinski definition) is 0. The van der Waals surface area contributed by atoms with Gasteiger partial charge in [0.15, 0.2) is 5.75 Å². The van der Waals surface area contributed by atoms with Crippen LogP contribution in [0, 0.1) is 6.61 Å². The summed E-state index contributed by atoms with van der Waals surface area (Å²) in [5, 5.41) is 0. The summed E-state index contributed by atoms with van der Waals surface area (Å²) in [6.45, 7) is 5.00. The van der Waals surface area contributed by atoms with E-state index >= 15 is 0 Å². The maximum absolute atomic E-state index is 5.20. The highest BCUT2D eigenvalue weighted by Gasteiger charge is 2.20. The van der Waals surface area contributed by atoms with Crippen LogP contribution in [-0.2, 0) is 16.0 Å². The number of para-hydroxylation sites is 1. The number of ether oxygens (including phenoxy) is 1. The maximum Gasteiger partial charge on any atom is 0.207 e. The second-order valence-electron chi connectivity index (χ2n) is 2.93.